The highest BCUT2D eigenvalue weighted by Crippen LogP contribution is 2.52. The monoisotopic (exact) mass is 1920 g/mol. The van der Waals surface area contributed by atoms with Gasteiger partial charge in [-0.2, -0.15) is 0 Å². The predicted octanol–water partition coefficient (Wildman–Crippen LogP) is 42.0. The summed E-state index contributed by atoms with van der Waals surface area (Å²) in [4.78, 5) is 0. The molecule has 0 aliphatic heterocycles. The SMILES string of the molecule is Cc1cc2ccccc2c2c1sc1c(-c3ccccc3)cccc12.Cc1cc2ccccc2c2c1sc1c(C3CCCCC3)cccc12.Cc1ccc2c3c4ccccc4ccc3n(-c3ccccc3)c2c1.Cc1ccc2c3cc4ccccc4cc3n(-c3ccccc3)c2c1.Cc1cccc2c1sc1c(-c3ccccc3)cc3ccccc3c12.Cc1cccc2c1sc1c(C3CCCCC3)cc3ccccc3c12. The smallest absolute Gasteiger partial charge is 0.0547 e. The Morgan fingerprint density at radius 1 is 0.188 bits per heavy atom. The van der Waals surface area contributed by atoms with Crippen LogP contribution in [0.4, 0.5) is 0 Å². The third-order valence-corrected chi connectivity index (χ3v) is 36.2. The van der Waals surface area contributed by atoms with E-state index in [9.17, 15) is 0 Å². The highest BCUT2D eigenvalue weighted by Gasteiger charge is 2.27. The fourth-order valence-electron chi connectivity index (χ4n) is 23.8. The maximum Gasteiger partial charge on any atom is 0.0547 e. The molecule has 0 saturated heterocycles. The molecule has 6 aromatic heterocycles. The summed E-state index contributed by atoms with van der Waals surface area (Å²) in [6, 6.07) is 154. The van der Waals surface area contributed by atoms with E-state index >= 15 is 0 Å². The molecule has 2 aliphatic rings. The minimum Gasteiger partial charge on any atom is -0.309 e. The molecule has 0 N–H and O–H groups in total. The van der Waals surface area contributed by atoms with Gasteiger partial charge in [0, 0.05) is 119 Å². The molecule has 0 bridgehead atoms. The quantitative estimate of drug-likeness (QED) is 0.157. The zero-order valence-corrected chi connectivity index (χ0v) is 85.4. The van der Waals surface area contributed by atoms with E-state index in [0.717, 1.165) is 11.8 Å². The lowest BCUT2D eigenvalue weighted by Crippen LogP contribution is -2.04. The number of para-hydroxylation sites is 2. The van der Waals surface area contributed by atoms with Gasteiger partial charge in [-0.25, -0.2) is 0 Å². The zero-order valence-electron chi connectivity index (χ0n) is 82.2. The Morgan fingerprint density at radius 2 is 0.556 bits per heavy atom. The fourth-order valence-corrected chi connectivity index (χ4v) is 29.2. The average Bonchev–Trinajstić information content (AvgIpc) is 1.65. The van der Waals surface area contributed by atoms with E-state index in [1.165, 1.54) is 311 Å². The summed E-state index contributed by atoms with van der Waals surface area (Å²) in [5.74, 6) is 1.52. The molecule has 0 spiro atoms. The van der Waals surface area contributed by atoms with Crippen molar-refractivity contribution < 1.29 is 0 Å². The highest BCUT2D eigenvalue weighted by molar-refractivity contribution is 7.28. The Morgan fingerprint density at radius 3 is 1.10 bits per heavy atom. The fraction of sp³-hybridized carbons (Fsp3) is 0.130. The van der Waals surface area contributed by atoms with Crippen LogP contribution < -0.4 is 0 Å². The number of aromatic nitrogens is 2. The summed E-state index contributed by atoms with van der Waals surface area (Å²) in [6.07, 6.45) is 13.9. The van der Waals surface area contributed by atoms with Crippen LogP contribution >= 0.6 is 45.3 Å². The number of hydrogen-bond donors (Lipinski definition) is 0. The van der Waals surface area contributed by atoms with Gasteiger partial charge in [-0.05, 0) is 284 Å². The van der Waals surface area contributed by atoms with Crippen molar-refractivity contribution in [1.82, 2.24) is 9.13 Å². The molecule has 144 heavy (non-hydrogen) atoms. The van der Waals surface area contributed by atoms with E-state index in [-0.39, 0.29) is 0 Å². The summed E-state index contributed by atoms with van der Waals surface area (Å²) in [5.41, 5.74) is 24.1. The van der Waals surface area contributed by atoms with E-state index in [0.29, 0.717) is 0 Å². The second-order valence-electron chi connectivity index (χ2n) is 39.9. The molecule has 30 rings (SSSR count). The number of hydrogen-bond acceptors (Lipinski definition) is 4. The summed E-state index contributed by atoms with van der Waals surface area (Å²) in [5, 5.41) is 32.8. The molecular formula is C138H110N2S4. The van der Waals surface area contributed by atoms with Crippen LogP contribution in [0.25, 0.3) is 223 Å². The first-order valence-electron chi connectivity index (χ1n) is 51.4. The minimum absolute atomic E-state index is 0.749. The molecule has 0 atom stereocenters. The number of aryl methyl sites for hydroxylation is 6. The van der Waals surface area contributed by atoms with Crippen LogP contribution in [0.5, 0.6) is 0 Å². The lowest BCUT2D eigenvalue weighted by molar-refractivity contribution is 0.446. The van der Waals surface area contributed by atoms with E-state index in [2.05, 4.69) is 475 Å². The highest BCUT2D eigenvalue weighted by atomic mass is 32.1. The molecule has 2 nitrogen and oxygen atoms in total. The van der Waals surface area contributed by atoms with E-state index in [4.69, 9.17) is 0 Å². The predicted molar refractivity (Wildman–Crippen MR) is 635 cm³/mol. The van der Waals surface area contributed by atoms with Gasteiger partial charge in [0.15, 0.2) is 0 Å². The van der Waals surface area contributed by atoms with E-state index < -0.39 is 0 Å². The largest absolute Gasteiger partial charge is 0.309 e. The molecular weight excluding hydrogens is 1810 g/mol. The second kappa shape index (κ2) is 38.6. The first kappa shape index (κ1) is 90.2. The van der Waals surface area contributed by atoms with Crippen LogP contribution in [0, 0.1) is 41.5 Å². The van der Waals surface area contributed by atoms with Crippen molar-refractivity contribution in [3.05, 3.63) is 469 Å². The maximum absolute atomic E-state index is 2.50. The van der Waals surface area contributed by atoms with Gasteiger partial charge in [-0.1, -0.05) is 384 Å². The summed E-state index contributed by atoms with van der Waals surface area (Å²) >= 11 is 7.90. The van der Waals surface area contributed by atoms with Crippen molar-refractivity contribution in [3.63, 3.8) is 0 Å². The van der Waals surface area contributed by atoms with Crippen LogP contribution in [-0.2, 0) is 0 Å². The molecule has 28 aromatic rings. The van der Waals surface area contributed by atoms with Gasteiger partial charge in [0.1, 0.15) is 0 Å². The Balaban J connectivity index is 0.0000000905. The average molecular weight is 1920 g/mol. The van der Waals surface area contributed by atoms with Gasteiger partial charge < -0.3 is 9.13 Å². The third kappa shape index (κ3) is 16.4. The van der Waals surface area contributed by atoms with Crippen molar-refractivity contribution in [1.29, 1.82) is 0 Å². The van der Waals surface area contributed by atoms with Gasteiger partial charge in [0.25, 0.3) is 0 Å². The number of thiophene rings is 4. The Labute approximate surface area is 856 Å². The van der Waals surface area contributed by atoms with Crippen LogP contribution in [0.3, 0.4) is 0 Å². The lowest BCUT2D eigenvalue weighted by Gasteiger charge is -2.23. The molecule has 22 aromatic carbocycles. The maximum atomic E-state index is 2.50. The molecule has 0 unspecified atom stereocenters. The number of benzene rings is 22. The zero-order chi connectivity index (χ0) is 96.6. The Bertz CT molecular complexity index is 9750. The van der Waals surface area contributed by atoms with Gasteiger partial charge >= 0.3 is 0 Å². The van der Waals surface area contributed by atoms with Crippen molar-refractivity contribution in [2.45, 2.75) is 118 Å². The van der Waals surface area contributed by atoms with Crippen LogP contribution in [0.2, 0.25) is 0 Å². The number of rotatable bonds is 6. The van der Waals surface area contributed by atoms with E-state index in [1.807, 2.05) is 45.3 Å². The lowest BCUT2D eigenvalue weighted by atomic mass is 9.82. The van der Waals surface area contributed by atoms with Crippen LogP contribution in [0.15, 0.2) is 425 Å². The number of fused-ring (bicyclic) bond motifs is 29. The van der Waals surface area contributed by atoms with Crippen molar-refractivity contribution in [3.8, 4) is 33.6 Å². The molecule has 2 aliphatic carbocycles. The first-order chi connectivity index (χ1) is 70.9. The van der Waals surface area contributed by atoms with Crippen molar-refractivity contribution in [2.24, 2.45) is 0 Å². The van der Waals surface area contributed by atoms with Gasteiger partial charge in [0.05, 0.1) is 22.1 Å². The number of nitrogens with zero attached hydrogens (tertiary/aromatic N) is 2. The third-order valence-electron chi connectivity index (χ3n) is 30.7. The van der Waals surface area contributed by atoms with Crippen molar-refractivity contribution in [2.75, 3.05) is 0 Å². The standard InChI is InChI=1S/2C23H17N.C23H22S.C23H16S.C23H22S.C23H16S/c1-16-11-12-20-21-14-17-7-5-6-8-18(17)15-23(21)24(22(20)13-16)19-9-3-2-4-10-19;1-16-11-13-20-22(15-16)24(18-8-3-2-4-9-18)21-14-12-17-7-5-6-10-19(17)23(20)21;2*1-15-8-7-13-19-21-18-12-6-5-11-17(18)14-20(23(21)24-22(15)19)16-9-3-2-4-10-16;2*1-15-14-17-10-5-6-11-18(17)21-20-13-7-12-19(23(20)24-22(15)21)16-8-3-2-4-9-16/h2*2-15H,1H3;5-8,11-14,16H,2-4,9-10H2,1H3;2-14H,1H3;5-7,10-14,16H,2-4,8-9H2,1H3;2-14H,1H3. The molecule has 2 saturated carbocycles. The Hall–Kier alpha value is -15.1. The minimum atomic E-state index is 0.749. The molecule has 696 valence electrons. The van der Waals surface area contributed by atoms with E-state index in [1.54, 1.807) is 20.5 Å². The summed E-state index contributed by atoms with van der Waals surface area (Å²) < 4.78 is 16.4. The van der Waals surface area contributed by atoms with Gasteiger partial charge in [0.2, 0.25) is 0 Å². The molecule has 2 fully saturated rings. The summed E-state index contributed by atoms with van der Waals surface area (Å²) in [7, 11) is 0. The van der Waals surface area contributed by atoms with Crippen molar-refractivity contribution >= 4 is 234 Å². The topological polar surface area (TPSA) is 9.86 Å². The first-order valence-corrected chi connectivity index (χ1v) is 54.6. The molecule has 6 heterocycles. The molecule has 0 radical (unpaired) electrons. The molecule has 0 amide bonds. The van der Waals surface area contributed by atoms with Gasteiger partial charge in [-0.3, -0.25) is 0 Å². The Kier molecular flexibility index (Phi) is 24.2. The van der Waals surface area contributed by atoms with Crippen LogP contribution in [0.1, 0.15) is 121 Å². The molecule has 6 heteroatoms. The second-order valence-corrected chi connectivity index (χ2v) is 44.0. The van der Waals surface area contributed by atoms with Crippen LogP contribution in [-0.4, -0.2) is 9.13 Å². The normalized spacial score (nSPS) is 13.2. The summed E-state index contributed by atoms with van der Waals surface area (Å²) in [6.45, 7) is 13.3. The van der Waals surface area contributed by atoms with Gasteiger partial charge in [-0.15, -0.1) is 45.3 Å².